The van der Waals surface area contributed by atoms with Crippen LogP contribution in [-0.2, 0) is 5.41 Å². The molecule has 1 heterocycles. The van der Waals surface area contributed by atoms with Crippen LogP contribution >= 0.6 is 0 Å². The molecule has 1 atom stereocenters. The van der Waals surface area contributed by atoms with E-state index in [9.17, 15) is 4.39 Å². The van der Waals surface area contributed by atoms with E-state index in [1.54, 1.807) is 18.6 Å². The number of halogens is 1. The Labute approximate surface area is 119 Å². The van der Waals surface area contributed by atoms with Gasteiger partial charge in [0.1, 0.15) is 5.82 Å². The second-order valence-electron chi connectivity index (χ2n) is 5.35. The maximum Gasteiger partial charge on any atom is 0.123 e. The van der Waals surface area contributed by atoms with Gasteiger partial charge in [0.2, 0.25) is 0 Å². The van der Waals surface area contributed by atoms with Gasteiger partial charge in [-0.25, -0.2) is 4.39 Å². The Balaban J connectivity index is 2.39. The van der Waals surface area contributed by atoms with Crippen LogP contribution in [0.15, 0.2) is 42.9 Å². The van der Waals surface area contributed by atoms with Crippen LogP contribution in [0.25, 0.3) is 0 Å². The third-order valence-corrected chi connectivity index (χ3v) is 3.60. The quantitative estimate of drug-likeness (QED) is 0.908. The highest BCUT2D eigenvalue weighted by Gasteiger charge is 2.33. The van der Waals surface area contributed by atoms with Gasteiger partial charge in [-0.3, -0.25) is 9.97 Å². The minimum absolute atomic E-state index is 0.0201. The van der Waals surface area contributed by atoms with Crippen LogP contribution in [0.4, 0.5) is 4.39 Å². The molecule has 0 aliphatic carbocycles. The predicted molar refractivity (Wildman–Crippen MR) is 77.9 cm³/mol. The van der Waals surface area contributed by atoms with Crippen LogP contribution < -0.4 is 5.32 Å². The van der Waals surface area contributed by atoms with E-state index in [1.807, 2.05) is 12.1 Å². The Morgan fingerprint density at radius 1 is 1.20 bits per heavy atom. The molecule has 106 valence electrons. The van der Waals surface area contributed by atoms with E-state index in [4.69, 9.17) is 0 Å². The summed E-state index contributed by atoms with van der Waals surface area (Å²) in [6.45, 7) is 7.14. The van der Waals surface area contributed by atoms with E-state index in [2.05, 4.69) is 36.1 Å². The van der Waals surface area contributed by atoms with Crippen molar-refractivity contribution in [2.24, 2.45) is 0 Å². The monoisotopic (exact) mass is 273 g/mol. The third kappa shape index (κ3) is 3.02. The molecule has 1 aromatic carbocycles. The van der Waals surface area contributed by atoms with Crippen LogP contribution in [0, 0.1) is 5.82 Å². The second kappa shape index (κ2) is 6.09. The van der Waals surface area contributed by atoms with Crippen molar-refractivity contribution in [1.82, 2.24) is 15.3 Å². The van der Waals surface area contributed by atoms with Gasteiger partial charge in [0.15, 0.2) is 0 Å². The van der Waals surface area contributed by atoms with Crippen molar-refractivity contribution in [3.63, 3.8) is 0 Å². The zero-order valence-corrected chi connectivity index (χ0v) is 12.1. The van der Waals surface area contributed by atoms with E-state index in [0.29, 0.717) is 0 Å². The van der Waals surface area contributed by atoms with Crippen molar-refractivity contribution in [3.05, 3.63) is 59.9 Å². The summed E-state index contributed by atoms with van der Waals surface area (Å²) in [5.41, 5.74) is 1.74. The van der Waals surface area contributed by atoms with Crippen LogP contribution in [0.5, 0.6) is 0 Å². The minimum Gasteiger partial charge on any atom is -0.308 e. The van der Waals surface area contributed by atoms with Crippen molar-refractivity contribution in [1.29, 1.82) is 0 Å². The predicted octanol–water partition coefficient (Wildman–Crippen LogP) is 3.24. The van der Waals surface area contributed by atoms with Gasteiger partial charge in [0, 0.05) is 24.0 Å². The highest BCUT2D eigenvalue weighted by atomic mass is 19.1. The lowest BCUT2D eigenvalue weighted by Gasteiger charge is -2.35. The smallest absolute Gasteiger partial charge is 0.123 e. The van der Waals surface area contributed by atoms with Crippen molar-refractivity contribution >= 4 is 0 Å². The molecule has 0 fully saturated rings. The number of benzene rings is 1. The van der Waals surface area contributed by atoms with Crippen LogP contribution in [0.1, 0.15) is 38.1 Å². The summed E-state index contributed by atoms with van der Waals surface area (Å²) in [6, 6.07) is 6.67. The highest BCUT2D eigenvalue weighted by molar-refractivity contribution is 5.29. The molecule has 0 spiro atoms. The Hall–Kier alpha value is -1.81. The first-order valence-electron chi connectivity index (χ1n) is 6.81. The molecule has 0 aliphatic rings. The highest BCUT2D eigenvalue weighted by Crippen LogP contribution is 2.35. The van der Waals surface area contributed by atoms with Gasteiger partial charge in [0.05, 0.1) is 11.7 Å². The summed E-state index contributed by atoms with van der Waals surface area (Å²) in [4.78, 5) is 8.55. The molecule has 3 nitrogen and oxygen atoms in total. The number of aromatic nitrogens is 2. The molecule has 0 bridgehead atoms. The number of nitrogens with zero attached hydrogens (tertiary/aromatic N) is 2. The molecule has 0 radical (unpaired) electrons. The zero-order valence-electron chi connectivity index (χ0n) is 12.1. The number of likely N-dealkylation sites (N-methyl/N-ethyl adjacent to an activating group) is 1. The fourth-order valence-corrected chi connectivity index (χ4v) is 2.44. The van der Waals surface area contributed by atoms with Gasteiger partial charge < -0.3 is 5.32 Å². The molecule has 0 saturated carbocycles. The Morgan fingerprint density at radius 2 is 1.90 bits per heavy atom. The van der Waals surface area contributed by atoms with E-state index < -0.39 is 0 Å². The Bertz CT molecular complexity index is 537. The van der Waals surface area contributed by atoms with E-state index >= 15 is 0 Å². The first kappa shape index (κ1) is 14.6. The molecule has 0 saturated heterocycles. The molecule has 0 amide bonds. The van der Waals surface area contributed by atoms with Crippen molar-refractivity contribution in [2.75, 3.05) is 6.54 Å². The summed E-state index contributed by atoms with van der Waals surface area (Å²) in [5.74, 6) is -0.218. The molecule has 0 aliphatic heterocycles. The number of rotatable bonds is 5. The van der Waals surface area contributed by atoms with E-state index in [0.717, 1.165) is 17.8 Å². The number of hydrogen-bond donors (Lipinski definition) is 1. The number of hydrogen-bond acceptors (Lipinski definition) is 3. The summed E-state index contributed by atoms with van der Waals surface area (Å²) in [7, 11) is 0. The third-order valence-electron chi connectivity index (χ3n) is 3.60. The average molecular weight is 273 g/mol. The van der Waals surface area contributed by atoms with E-state index in [-0.39, 0.29) is 17.3 Å². The topological polar surface area (TPSA) is 37.8 Å². The van der Waals surface area contributed by atoms with Crippen LogP contribution in [0.3, 0.4) is 0 Å². The fourth-order valence-electron chi connectivity index (χ4n) is 2.44. The summed E-state index contributed by atoms with van der Waals surface area (Å²) < 4.78 is 13.1. The molecule has 2 aromatic rings. The Kier molecular flexibility index (Phi) is 4.45. The molecule has 2 rings (SSSR count). The van der Waals surface area contributed by atoms with Crippen molar-refractivity contribution in [2.45, 2.75) is 32.2 Å². The van der Waals surface area contributed by atoms with Gasteiger partial charge in [-0.1, -0.05) is 32.9 Å². The first-order chi connectivity index (χ1) is 9.55. The molecule has 4 heteroatoms. The fraction of sp³-hybridized carbons (Fsp3) is 0.375. The normalized spacial score (nSPS) is 13.2. The maximum absolute atomic E-state index is 13.1. The van der Waals surface area contributed by atoms with Gasteiger partial charge in [-0.2, -0.15) is 0 Å². The standard InChI is InChI=1S/C16H20FN3/c1-4-19-15(14-11-18-9-10-20-14)16(2,3)12-5-7-13(17)8-6-12/h5-11,15,19H,4H2,1-3H3. The van der Waals surface area contributed by atoms with Gasteiger partial charge in [-0.05, 0) is 24.2 Å². The maximum atomic E-state index is 13.1. The van der Waals surface area contributed by atoms with Crippen LogP contribution in [-0.4, -0.2) is 16.5 Å². The lowest BCUT2D eigenvalue weighted by molar-refractivity contribution is 0.346. The van der Waals surface area contributed by atoms with E-state index in [1.165, 1.54) is 12.1 Å². The molecular formula is C16H20FN3. The first-order valence-corrected chi connectivity index (χ1v) is 6.81. The van der Waals surface area contributed by atoms with Crippen molar-refractivity contribution < 1.29 is 4.39 Å². The molecule has 1 N–H and O–H groups in total. The van der Waals surface area contributed by atoms with Gasteiger partial charge >= 0.3 is 0 Å². The molecule has 1 unspecified atom stereocenters. The van der Waals surface area contributed by atoms with Gasteiger partial charge in [-0.15, -0.1) is 0 Å². The summed E-state index contributed by atoms with van der Waals surface area (Å²) >= 11 is 0. The minimum atomic E-state index is -0.222. The van der Waals surface area contributed by atoms with Crippen molar-refractivity contribution in [3.8, 4) is 0 Å². The molecule has 20 heavy (non-hydrogen) atoms. The Morgan fingerprint density at radius 3 is 2.45 bits per heavy atom. The van der Waals surface area contributed by atoms with Gasteiger partial charge in [0.25, 0.3) is 0 Å². The van der Waals surface area contributed by atoms with Crippen LogP contribution in [0.2, 0.25) is 0 Å². The zero-order chi connectivity index (χ0) is 14.6. The second-order valence-corrected chi connectivity index (χ2v) is 5.35. The number of nitrogens with one attached hydrogen (secondary N) is 1. The lowest BCUT2D eigenvalue weighted by Crippen LogP contribution is -2.38. The summed E-state index contributed by atoms with van der Waals surface area (Å²) in [5, 5.41) is 3.46. The molecular weight excluding hydrogens is 253 g/mol. The largest absolute Gasteiger partial charge is 0.308 e. The SMILES string of the molecule is CCNC(c1cnccn1)C(C)(C)c1ccc(F)cc1. The summed E-state index contributed by atoms with van der Waals surface area (Å²) in [6.07, 6.45) is 5.14. The lowest BCUT2D eigenvalue weighted by atomic mass is 9.76. The molecule has 1 aromatic heterocycles. The average Bonchev–Trinajstić information content (AvgIpc) is 2.46.